The number of nitrogens with one attached hydrogen (secondary N) is 1. The molecule has 2 aliphatic rings. The first-order valence-electron chi connectivity index (χ1n) is 5.70. The molecule has 98 valence electrons. The van der Waals surface area contributed by atoms with Crippen molar-refractivity contribution in [1.82, 2.24) is 10.2 Å². The van der Waals surface area contributed by atoms with Crippen LogP contribution in [0.4, 0.5) is 0 Å². The molecule has 1 amide bonds. The van der Waals surface area contributed by atoms with Crippen LogP contribution < -0.4 is 10.1 Å². The molecule has 1 atom stereocenters. The number of amides is 1. The largest absolute Gasteiger partial charge is 0.491 e. The zero-order valence-electron chi connectivity index (χ0n) is 9.69. The van der Waals surface area contributed by atoms with Crippen LogP contribution >= 0.6 is 28.3 Å². The normalized spacial score (nSPS) is 22.2. The smallest absolute Gasteiger partial charge is 0.258 e. The third-order valence-electron chi connectivity index (χ3n) is 3.21. The highest BCUT2D eigenvalue weighted by molar-refractivity contribution is 9.10. The van der Waals surface area contributed by atoms with Crippen LogP contribution in [0.15, 0.2) is 22.7 Å². The number of halogens is 2. The molecular formula is C12H14BrClN2O2. The van der Waals surface area contributed by atoms with Gasteiger partial charge in [0, 0.05) is 24.1 Å². The lowest BCUT2D eigenvalue weighted by Crippen LogP contribution is -2.54. The Labute approximate surface area is 120 Å². The van der Waals surface area contributed by atoms with Crippen molar-refractivity contribution in [3.8, 4) is 5.75 Å². The molecule has 18 heavy (non-hydrogen) atoms. The Hall–Kier alpha value is -0.780. The number of hydrogen-bond acceptors (Lipinski definition) is 3. The minimum atomic E-state index is 0. The van der Waals surface area contributed by atoms with Crippen molar-refractivity contribution in [2.45, 2.75) is 6.04 Å². The van der Waals surface area contributed by atoms with Crippen molar-refractivity contribution in [2.75, 3.05) is 26.2 Å². The van der Waals surface area contributed by atoms with Gasteiger partial charge in [-0.3, -0.25) is 4.79 Å². The molecule has 1 aromatic carbocycles. The van der Waals surface area contributed by atoms with Gasteiger partial charge in [0.05, 0.1) is 11.6 Å². The summed E-state index contributed by atoms with van der Waals surface area (Å²) in [5.74, 6) is 0.762. The third kappa shape index (κ3) is 2.35. The summed E-state index contributed by atoms with van der Waals surface area (Å²) in [6, 6.07) is 5.72. The van der Waals surface area contributed by atoms with Crippen LogP contribution in [0.5, 0.6) is 5.75 Å². The zero-order chi connectivity index (χ0) is 11.8. The Kier molecular flexibility index (Phi) is 4.14. The lowest BCUT2D eigenvalue weighted by atomic mass is 10.1. The van der Waals surface area contributed by atoms with Crippen LogP contribution in [0.25, 0.3) is 0 Å². The fourth-order valence-corrected chi connectivity index (χ4v) is 2.67. The maximum Gasteiger partial charge on any atom is 0.258 e. The van der Waals surface area contributed by atoms with E-state index < -0.39 is 0 Å². The van der Waals surface area contributed by atoms with Crippen molar-refractivity contribution in [1.29, 1.82) is 0 Å². The van der Waals surface area contributed by atoms with Gasteiger partial charge in [-0.2, -0.15) is 0 Å². The van der Waals surface area contributed by atoms with Crippen LogP contribution in [-0.4, -0.2) is 43.1 Å². The molecule has 3 rings (SSSR count). The van der Waals surface area contributed by atoms with Gasteiger partial charge in [-0.1, -0.05) is 15.9 Å². The highest BCUT2D eigenvalue weighted by atomic mass is 79.9. The minimum Gasteiger partial charge on any atom is -0.491 e. The van der Waals surface area contributed by atoms with Gasteiger partial charge in [0.2, 0.25) is 0 Å². The number of benzene rings is 1. The van der Waals surface area contributed by atoms with E-state index in [9.17, 15) is 4.79 Å². The van der Waals surface area contributed by atoms with E-state index in [1.165, 1.54) is 0 Å². The summed E-state index contributed by atoms with van der Waals surface area (Å²) in [6.07, 6.45) is 0. The van der Waals surface area contributed by atoms with Crippen LogP contribution in [0.3, 0.4) is 0 Å². The fraction of sp³-hybridized carbons (Fsp3) is 0.417. The quantitative estimate of drug-likeness (QED) is 0.785. The fourth-order valence-electron chi connectivity index (χ4n) is 2.31. The number of nitrogens with zero attached hydrogens (tertiary/aromatic N) is 1. The Balaban J connectivity index is 0.00000120. The van der Waals surface area contributed by atoms with Crippen LogP contribution in [-0.2, 0) is 0 Å². The maximum absolute atomic E-state index is 12.4. The zero-order valence-corrected chi connectivity index (χ0v) is 12.1. The number of piperazine rings is 1. The first-order valence-corrected chi connectivity index (χ1v) is 6.49. The van der Waals surface area contributed by atoms with Crippen molar-refractivity contribution in [3.05, 3.63) is 28.2 Å². The Morgan fingerprint density at radius 2 is 2.28 bits per heavy atom. The van der Waals surface area contributed by atoms with E-state index in [-0.39, 0.29) is 24.4 Å². The SMILES string of the molecule is Cl.O=C1c2cc(Br)ccc2OCC2CNCCN12. The number of rotatable bonds is 0. The van der Waals surface area contributed by atoms with E-state index >= 15 is 0 Å². The summed E-state index contributed by atoms with van der Waals surface area (Å²) in [6.45, 7) is 2.97. The van der Waals surface area contributed by atoms with Crippen molar-refractivity contribution in [3.63, 3.8) is 0 Å². The third-order valence-corrected chi connectivity index (χ3v) is 3.71. The molecule has 1 saturated heterocycles. The van der Waals surface area contributed by atoms with Crippen LogP contribution in [0, 0.1) is 0 Å². The average molecular weight is 334 g/mol. The van der Waals surface area contributed by atoms with Crippen molar-refractivity contribution in [2.24, 2.45) is 0 Å². The molecule has 0 radical (unpaired) electrons. The molecule has 2 aliphatic heterocycles. The van der Waals surface area contributed by atoms with Gasteiger partial charge in [0.25, 0.3) is 5.91 Å². The Morgan fingerprint density at radius 3 is 3.11 bits per heavy atom. The second-order valence-electron chi connectivity index (χ2n) is 4.31. The lowest BCUT2D eigenvalue weighted by Gasteiger charge is -2.33. The van der Waals surface area contributed by atoms with E-state index in [1.54, 1.807) is 0 Å². The predicted molar refractivity (Wildman–Crippen MR) is 74.6 cm³/mol. The van der Waals surface area contributed by atoms with Gasteiger partial charge in [-0.15, -0.1) is 12.4 Å². The molecule has 0 aromatic heterocycles. The average Bonchev–Trinajstić information content (AvgIpc) is 2.49. The number of carbonyl (C=O) groups excluding carboxylic acids is 1. The van der Waals surface area contributed by atoms with Gasteiger partial charge >= 0.3 is 0 Å². The lowest BCUT2D eigenvalue weighted by molar-refractivity contribution is 0.0606. The van der Waals surface area contributed by atoms with Gasteiger partial charge < -0.3 is 15.0 Å². The second kappa shape index (κ2) is 5.47. The number of ether oxygens (including phenoxy) is 1. The summed E-state index contributed by atoms with van der Waals surface area (Å²) in [4.78, 5) is 14.3. The molecule has 1 N–H and O–H groups in total. The molecule has 0 spiro atoms. The highest BCUT2D eigenvalue weighted by Gasteiger charge is 2.32. The summed E-state index contributed by atoms with van der Waals surface area (Å²) < 4.78 is 6.62. The highest BCUT2D eigenvalue weighted by Crippen LogP contribution is 2.28. The minimum absolute atomic E-state index is 0. The molecule has 1 fully saturated rings. The molecule has 2 heterocycles. The van der Waals surface area contributed by atoms with Crippen molar-refractivity contribution >= 4 is 34.2 Å². The molecule has 6 heteroatoms. The summed E-state index contributed by atoms with van der Waals surface area (Å²) >= 11 is 3.39. The van der Waals surface area contributed by atoms with Gasteiger partial charge in [0.1, 0.15) is 12.4 Å². The van der Waals surface area contributed by atoms with E-state index in [0.717, 1.165) is 24.1 Å². The van der Waals surface area contributed by atoms with Crippen LogP contribution in [0.1, 0.15) is 10.4 Å². The predicted octanol–water partition coefficient (Wildman–Crippen LogP) is 1.68. The second-order valence-corrected chi connectivity index (χ2v) is 5.22. The topological polar surface area (TPSA) is 41.6 Å². The Bertz CT molecular complexity index is 469. The number of fused-ring (bicyclic) bond motifs is 2. The molecule has 0 saturated carbocycles. The first-order chi connectivity index (χ1) is 8.25. The number of carbonyl (C=O) groups is 1. The number of hydrogen-bond donors (Lipinski definition) is 1. The molecule has 1 aromatic rings. The first kappa shape index (κ1) is 13.6. The van der Waals surface area contributed by atoms with Crippen molar-refractivity contribution < 1.29 is 9.53 Å². The van der Waals surface area contributed by atoms with Crippen LogP contribution in [0.2, 0.25) is 0 Å². The maximum atomic E-state index is 12.4. The molecule has 0 aliphatic carbocycles. The van der Waals surface area contributed by atoms with Gasteiger partial charge in [0.15, 0.2) is 0 Å². The van der Waals surface area contributed by atoms with Gasteiger partial charge in [-0.05, 0) is 18.2 Å². The summed E-state index contributed by atoms with van der Waals surface area (Å²) in [5, 5.41) is 3.29. The summed E-state index contributed by atoms with van der Waals surface area (Å²) in [7, 11) is 0. The molecular weight excluding hydrogens is 320 g/mol. The van der Waals surface area contributed by atoms with E-state index in [1.807, 2.05) is 23.1 Å². The monoisotopic (exact) mass is 332 g/mol. The van der Waals surface area contributed by atoms with Gasteiger partial charge in [-0.25, -0.2) is 0 Å². The van der Waals surface area contributed by atoms with E-state index in [2.05, 4.69) is 21.2 Å². The standard InChI is InChI=1S/C12H13BrN2O2.ClH/c13-8-1-2-11-10(5-8)12(16)15-4-3-14-6-9(15)7-17-11;/h1-2,5,9,14H,3-4,6-7H2;1H. The van der Waals surface area contributed by atoms with E-state index in [0.29, 0.717) is 17.9 Å². The molecule has 4 nitrogen and oxygen atoms in total. The summed E-state index contributed by atoms with van der Waals surface area (Å²) in [5.41, 5.74) is 0.656. The van der Waals surface area contributed by atoms with E-state index in [4.69, 9.17) is 4.74 Å². The Morgan fingerprint density at radius 1 is 1.44 bits per heavy atom. The molecule has 0 bridgehead atoms. The molecule has 1 unspecified atom stereocenters.